The number of carbonyl (C=O) groups excluding carboxylic acids is 1. The van der Waals surface area contributed by atoms with Crippen molar-refractivity contribution < 1.29 is 14.6 Å². The zero-order chi connectivity index (χ0) is 8.69. The Morgan fingerprint density at radius 1 is 1.64 bits per heavy atom. The fraction of sp³-hybridized carbons (Fsp3) is 0.857. The summed E-state index contributed by atoms with van der Waals surface area (Å²) in [5, 5.41) is 11.1. The summed E-state index contributed by atoms with van der Waals surface area (Å²) in [5.74, 6) is -0.284. The van der Waals surface area contributed by atoms with Crippen LogP contribution in [0.4, 0.5) is 0 Å². The zero-order valence-corrected chi connectivity index (χ0v) is 6.96. The molecule has 66 valence electrons. The molecule has 0 radical (unpaired) electrons. The van der Waals surface area contributed by atoms with Crippen LogP contribution >= 0.6 is 0 Å². The van der Waals surface area contributed by atoms with Crippen LogP contribution in [0.1, 0.15) is 13.8 Å². The summed E-state index contributed by atoms with van der Waals surface area (Å²) in [6, 6.07) is 0. The lowest BCUT2D eigenvalue weighted by Gasteiger charge is -2.07. The molecule has 0 spiro atoms. The maximum atomic E-state index is 10.8. The molecule has 0 aromatic rings. The van der Waals surface area contributed by atoms with Gasteiger partial charge in [-0.25, -0.2) is 0 Å². The second-order valence-corrected chi connectivity index (χ2v) is 2.44. The molecular formula is C7H15NO3. The van der Waals surface area contributed by atoms with E-state index in [4.69, 9.17) is 9.84 Å². The summed E-state index contributed by atoms with van der Waals surface area (Å²) in [6.45, 7) is 4.22. The SMILES string of the molecule is CC(C)OC(=O)CNCCO. The van der Waals surface area contributed by atoms with E-state index in [1.165, 1.54) is 0 Å². The minimum Gasteiger partial charge on any atom is -0.462 e. The summed E-state index contributed by atoms with van der Waals surface area (Å²) < 4.78 is 4.81. The molecule has 11 heavy (non-hydrogen) atoms. The Morgan fingerprint density at radius 3 is 2.73 bits per heavy atom. The van der Waals surface area contributed by atoms with Crippen LogP contribution in [-0.4, -0.2) is 36.9 Å². The topological polar surface area (TPSA) is 58.6 Å². The van der Waals surface area contributed by atoms with Gasteiger partial charge in [0.2, 0.25) is 0 Å². The number of esters is 1. The minimum absolute atomic E-state index is 0.0367. The van der Waals surface area contributed by atoms with Gasteiger partial charge in [-0.1, -0.05) is 0 Å². The van der Waals surface area contributed by atoms with Gasteiger partial charge in [0.05, 0.1) is 19.3 Å². The average Bonchev–Trinajstić information content (AvgIpc) is 1.86. The predicted molar refractivity (Wildman–Crippen MR) is 41.2 cm³/mol. The molecule has 0 aliphatic carbocycles. The number of nitrogens with one attached hydrogen (secondary N) is 1. The van der Waals surface area contributed by atoms with Crippen LogP contribution in [0.2, 0.25) is 0 Å². The van der Waals surface area contributed by atoms with Crippen molar-refractivity contribution in [2.75, 3.05) is 19.7 Å². The van der Waals surface area contributed by atoms with E-state index < -0.39 is 0 Å². The van der Waals surface area contributed by atoms with Crippen molar-refractivity contribution in [2.45, 2.75) is 20.0 Å². The van der Waals surface area contributed by atoms with Gasteiger partial charge in [0.15, 0.2) is 0 Å². The Bertz CT molecular complexity index is 114. The standard InChI is InChI=1S/C7H15NO3/c1-6(2)11-7(10)5-8-3-4-9/h6,8-9H,3-5H2,1-2H3. The number of aliphatic hydroxyl groups excluding tert-OH is 1. The van der Waals surface area contributed by atoms with Crippen molar-refractivity contribution in [3.05, 3.63) is 0 Å². The number of hydrogen-bond donors (Lipinski definition) is 2. The molecule has 0 aromatic carbocycles. The molecule has 0 bridgehead atoms. The second kappa shape index (κ2) is 6.12. The summed E-state index contributed by atoms with van der Waals surface area (Å²) in [7, 11) is 0. The maximum Gasteiger partial charge on any atom is 0.320 e. The Kier molecular flexibility index (Phi) is 5.78. The smallest absolute Gasteiger partial charge is 0.320 e. The molecule has 0 aromatic heterocycles. The first-order chi connectivity index (χ1) is 5.16. The first-order valence-corrected chi connectivity index (χ1v) is 3.68. The van der Waals surface area contributed by atoms with Crippen molar-refractivity contribution in [1.82, 2.24) is 5.32 Å². The van der Waals surface area contributed by atoms with Crippen molar-refractivity contribution in [3.8, 4) is 0 Å². The van der Waals surface area contributed by atoms with Crippen molar-refractivity contribution in [1.29, 1.82) is 0 Å². The van der Waals surface area contributed by atoms with Gasteiger partial charge >= 0.3 is 5.97 Å². The van der Waals surface area contributed by atoms with Gasteiger partial charge in [-0.2, -0.15) is 0 Å². The Hall–Kier alpha value is -0.610. The molecule has 2 N–H and O–H groups in total. The molecule has 4 nitrogen and oxygen atoms in total. The second-order valence-electron chi connectivity index (χ2n) is 2.44. The fourth-order valence-electron chi connectivity index (χ4n) is 0.574. The van der Waals surface area contributed by atoms with E-state index in [1.54, 1.807) is 13.8 Å². The van der Waals surface area contributed by atoms with Crippen LogP contribution in [0, 0.1) is 0 Å². The first kappa shape index (κ1) is 10.4. The molecule has 0 atom stereocenters. The molecule has 0 aliphatic rings. The highest BCUT2D eigenvalue weighted by atomic mass is 16.5. The van der Waals surface area contributed by atoms with Crippen LogP contribution < -0.4 is 5.32 Å². The number of hydrogen-bond acceptors (Lipinski definition) is 4. The highest BCUT2D eigenvalue weighted by Crippen LogP contribution is 1.86. The van der Waals surface area contributed by atoms with Crippen molar-refractivity contribution in [3.63, 3.8) is 0 Å². The highest BCUT2D eigenvalue weighted by molar-refractivity contribution is 5.71. The molecule has 4 heteroatoms. The Labute approximate surface area is 66.5 Å². The van der Waals surface area contributed by atoms with Crippen molar-refractivity contribution >= 4 is 5.97 Å². The van der Waals surface area contributed by atoms with Crippen LogP contribution in [-0.2, 0) is 9.53 Å². The summed E-state index contributed by atoms with van der Waals surface area (Å²) in [5.41, 5.74) is 0. The predicted octanol–water partition coefficient (Wildman–Crippen LogP) is -0.480. The van der Waals surface area contributed by atoms with Crippen molar-refractivity contribution in [2.24, 2.45) is 0 Å². The van der Waals surface area contributed by atoms with E-state index in [-0.39, 0.29) is 25.2 Å². The van der Waals surface area contributed by atoms with Crippen LogP contribution in [0.25, 0.3) is 0 Å². The highest BCUT2D eigenvalue weighted by Gasteiger charge is 2.02. The van der Waals surface area contributed by atoms with Gasteiger partial charge in [-0.3, -0.25) is 4.79 Å². The molecule has 0 heterocycles. The quantitative estimate of drug-likeness (QED) is 0.422. The van der Waals surface area contributed by atoms with Gasteiger partial charge < -0.3 is 15.2 Å². The minimum atomic E-state index is -0.284. The largest absolute Gasteiger partial charge is 0.462 e. The fourth-order valence-corrected chi connectivity index (χ4v) is 0.574. The Balaban J connectivity index is 3.23. The molecule has 0 amide bonds. The third-order valence-corrected chi connectivity index (χ3v) is 0.925. The van der Waals surface area contributed by atoms with Gasteiger partial charge in [-0.15, -0.1) is 0 Å². The lowest BCUT2D eigenvalue weighted by atomic mass is 10.5. The molecule has 0 saturated carbocycles. The molecule has 0 saturated heterocycles. The monoisotopic (exact) mass is 161 g/mol. The van der Waals surface area contributed by atoms with Gasteiger partial charge in [0.25, 0.3) is 0 Å². The number of rotatable bonds is 5. The normalized spacial score (nSPS) is 10.2. The number of ether oxygens (including phenoxy) is 1. The van der Waals surface area contributed by atoms with Gasteiger partial charge in [-0.05, 0) is 13.8 Å². The molecule has 0 unspecified atom stereocenters. The summed E-state index contributed by atoms with van der Waals surface area (Å²) in [6.07, 6.45) is -0.0709. The van der Waals surface area contributed by atoms with Crippen LogP contribution in [0.5, 0.6) is 0 Å². The molecule has 0 fully saturated rings. The number of aliphatic hydroxyl groups is 1. The van der Waals surface area contributed by atoms with Crippen LogP contribution in [0.3, 0.4) is 0 Å². The van der Waals surface area contributed by atoms with Gasteiger partial charge in [0, 0.05) is 6.54 Å². The average molecular weight is 161 g/mol. The molecular weight excluding hydrogens is 146 g/mol. The van der Waals surface area contributed by atoms with E-state index in [2.05, 4.69) is 5.32 Å². The Morgan fingerprint density at radius 2 is 2.27 bits per heavy atom. The lowest BCUT2D eigenvalue weighted by Crippen LogP contribution is -2.28. The summed E-state index contributed by atoms with van der Waals surface area (Å²) in [4.78, 5) is 10.8. The zero-order valence-electron chi connectivity index (χ0n) is 6.96. The third-order valence-electron chi connectivity index (χ3n) is 0.925. The maximum absolute atomic E-state index is 10.8. The summed E-state index contributed by atoms with van der Waals surface area (Å²) >= 11 is 0. The van der Waals surface area contributed by atoms with E-state index >= 15 is 0 Å². The van der Waals surface area contributed by atoms with Crippen LogP contribution in [0.15, 0.2) is 0 Å². The third kappa shape index (κ3) is 7.29. The van der Waals surface area contributed by atoms with E-state index in [0.717, 1.165) is 0 Å². The van der Waals surface area contributed by atoms with E-state index in [9.17, 15) is 4.79 Å². The number of carbonyl (C=O) groups is 1. The van der Waals surface area contributed by atoms with E-state index in [0.29, 0.717) is 6.54 Å². The lowest BCUT2D eigenvalue weighted by molar-refractivity contribution is -0.146. The molecule has 0 rings (SSSR count). The van der Waals surface area contributed by atoms with E-state index in [1.807, 2.05) is 0 Å². The molecule has 0 aliphatic heterocycles. The van der Waals surface area contributed by atoms with Gasteiger partial charge in [0.1, 0.15) is 0 Å². The first-order valence-electron chi connectivity index (χ1n) is 3.68.